The summed E-state index contributed by atoms with van der Waals surface area (Å²) in [5, 5.41) is 1.73. The second kappa shape index (κ2) is 7.12. The highest BCUT2D eigenvalue weighted by atomic mass is 35.5. The Bertz CT molecular complexity index is 1190. The number of benzene rings is 2. The number of methoxy groups -OCH3 is 1. The van der Waals surface area contributed by atoms with E-state index >= 15 is 0 Å². The summed E-state index contributed by atoms with van der Waals surface area (Å²) in [4.78, 5) is 17.4. The minimum Gasteiger partial charge on any atom is -0.497 e. The van der Waals surface area contributed by atoms with Crippen molar-refractivity contribution >= 4 is 45.0 Å². The van der Waals surface area contributed by atoms with Crippen molar-refractivity contribution in [1.29, 1.82) is 0 Å². The van der Waals surface area contributed by atoms with E-state index in [2.05, 4.69) is 43.8 Å². The minimum atomic E-state index is 0.333. The fourth-order valence-corrected chi connectivity index (χ4v) is 4.39. The SMILES string of the molecule is COc1cccc(N2CCN(c3ncnc4c3[nH]c3ccc(Cl)cc34)C[C@H]2C)c1. The molecule has 0 aliphatic carbocycles. The Hall–Kier alpha value is -2.99. The summed E-state index contributed by atoms with van der Waals surface area (Å²) in [5.74, 6) is 1.82. The highest BCUT2D eigenvalue weighted by Gasteiger charge is 2.27. The molecule has 148 valence electrons. The number of aromatic nitrogens is 3. The number of rotatable bonds is 3. The Kier molecular flexibility index (Phi) is 4.43. The third kappa shape index (κ3) is 3.13. The first kappa shape index (κ1) is 18.1. The van der Waals surface area contributed by atoms with E-state index in [4.69, 9.17) is 16.3 Å². The molecular weight excluding hydrogens is 386 g/mol. The smallest absolute Gasteiger partial charge is 0.156 e. The normalized spacial score (nSPS) is 17.3. The van der Waals surface area contributed by atoms with Crippen LogP contribution in [-0.2, 0) is 0 Å². The van der Waals surface area contributed by atoms with Crippen molar-refractivity contribution in [2.75, 3.05) is 36.5 Å². The number of anilines is 2. The molecule has 0 bridgehead atoms. The van der Waals surface area contributed by atoms with Gasteiger partial charge in [0.15, 0.2) is 5.82 Å². The number of fused-ring (bicyclic) bond motifs is 3. The zero-order chi connectivity index (χ0) is 20.0. The first-order valence-electron chi connectivity index (χ1n) is 9.71. The van der Waals surface area contributed by atoms with E-state index in [1.54, 1.807) is 13.4 Å². The monoisotopic (exact) mass is 407 g/mol. The van der Waals surface area contributed by atoms with Crippen LogP contribution in [-0.4, -0.2) is 47.7 Å². The minimum absolute atomic E-state index is 0.333. The lowest BCUT2D eigenvalue weighted by Crippen LogP contribution is -2.52. The van der Waals surface area contributed by atoms with Gasteiger partial charge in [-0.2, -0.15) is 0 Å². The van der Waals surface area contributed by atoms with Gasteiger partial charge in [-0.05, 0) is 37.3 Å². The van der Waals surface area contributed by atoms with Crippen LogP contribution in [0.2, 0.25) is 5.02 Å². The molecule has 2 aromatic heterocycles. The molecule has 6 nitrogen and oxygen atoms in total. The van der Waals surface area contributed by atoms with E-state index in [0.717, 1.165) is 53.1 Å². The molecule has 3 heterocycles. The molecule has 1 aliphatic rings. The molecule has 29 heavy (non-hydrogen) atoms. The Balaban J connectivity index is 1.47. The van der Waals surface area contributed by atoms with Crippen LogP contribution in [0.25, 0.3) is 21.9 Å². The van der Waals surface area contributed by atoms with Crippen LogP contribution in [0.15, 0.2) is 48.8 Å². The molecule has 1 saturated heterocycles. The number of hydrogen-bond donors (Lipinski definition) is 1. The summed E-state index contributed by atoms with van der Waals surface area (Å²) >= 11 is 6.20. The number of hydrogen-bond acceptors (Lipinski definition) is 5. The van der Waals surface area contributed by atoms with Crippen LogP contribution in [0.1, 0.15) is 6.92 Å². The van der Waals surface area contributed by atoms with E-state index in [9.17, 15) is 0 Å². The van der Waals surface area contributed by atoms with E-state index in [0.29, 0.717) is 11.1 Å². The van der Waals surface area contributed by atoms with Gasteiger partial charge in [0, 0.05) is 53.4 Å². The number of piperazine rings is 1. The molecule has 0 unspecified atom stereocenters. The number of aromatic amines is 1. The third-order valence-electron chi connectivity index (χ3n) is 5.64. The fourth-order valence-electron chi connectivity index (χ4n) is 4.21. The van der Waals surface area contributed by atoms with Gasteiger partial charge in [-0.1, -0.05) is 17.7 Å². The Labute approximate surface area is 174 Å². The van der Waals surface area contributed by atoms with Gasteiger partial charge in [0.25, 0.3) is 0 Å². The molecule has 1 aliphatic heterocycles. The van der Waals surface area contributed by atoms with E-state index in [-0.39, 0.29) is 0 Å². The van der Waals surface area contributed by atoms with Crippen molar-refractivity contribution in [3.8, 4) is 5.75 Å². The topological polar surface area (TPSA) is 57.3 Å². The van der Waals surface area contributed by atoms with E-state index < -0.39 is 0 Å². The fraction of sp³-hybridized carbons (Fsp3) is 0.273. The zero-order valence-corrected chi connectivity index (χ0v) is 17.1. The summed E-state index contributed by atoms with van der Waals surface area (Å²) in [6, 6.07) is 14.4. The van der Waals surface area contributed by atoms with Gasteiger partial charge in [-0.3, -0.25) is 0 Å². The van der Waals surface area contributed by atoms with Crippen LogP contribution < -0.4 is 14.5 Å². The van der Waals surface area contributed by atoms with Crippen LogP contribution in [0.3, 0.4) is 0 Å². The maximum Gasteiger partial charge on any atom is 0.156 e. The molecule has 0 amide bonds. The molecule has 4 aromatic rings. The van der Waals surface area contributed by atoms with E-state index in [1.165, 1.54) is 5.69 Å². The molecule has 5 rings (SSSR count). The molecule has 2 aromatic carbocycles. The second-order valence-corrected chi connectivity index (χ2v) is 7.86. The number of ether oxygens (including phenoxy) is 1. The van der Waals surface area contributed by atoms with Crippen molar-refractivity contribution < 1.29 is 4.74 Å². The average molecular weight is 408 g/mol. The molecule has 7 heteroatoms. The molecule has 0 spiro atoms. The largest absolute Gasteiger partial charge is 0.497 e. The Morgan fingerprint density at radius 1 is 1.14 bits per heavy atom. The summed E-state index contributed by atoms with van der Waals surface area (Å²) in [6.07, 6.45) is 1.64. The predicted octanol–water partition coefficient (Wildman–Crippen LogP) is 4.49. The van der Waals surface area contributed by atoms with Gasteiger partial charge in [0.05, 0.1) is 7.11 Å². The number of H-pyrrole nitrogens is 1. The average Bonchev–Trinajstić information content (AvgIpc) is 3.11. The lowest BCUT2D eigenvalue weighted by atomic mass is 10.1. The van der Waals surface area contributed by atoms with Crippen molar-refractivity contribution in [3.63, 3.8) is 0 Å². The number of halogens is 1. The van der Waals surface area contributed by atoms with Gasteiger partial charge < -0.3 is 19.5 Å². The quantitative estimate of drug-likeness (QED) is 0.542. The van der Waals surface area contributed by atoms with Crippen molar-refractivity contribution in [3.05, 3.63) is 53.8 Å². The zero-order valence-electron chi connectivity index (χ0n) is 16.4. The van der Waals surface area contributed by atoms with Crippen LogP contribution in [0, 0.1) is 0 Å². The summed E-state index contributed by atoms with van der Waals surface area (Å²) in [5.41, 5.74) is 4.08. The van der Waals surface area contributed by atoms with Gasteiger partial charge in [0.2, 0.25) is 0 Å². The van der Waals surface area contributed by atoms with Gasteiger partial charge >= 0.3 is 0 Å². The predicted molar refractivity (Wildman–Crippen MR) is 118 cm³/mol. The number of nitrogens with one attached hydrogen (secondary N) is 1. The lowest BCUT2D eigenvalue weighted by Gasteiger charge is -2.41. The molecule has 1 N–H and O–H groups in total. The maximum atomic E-state index is 6.20. The highest BCUT2D eigenvalue weighted by Crippen LogP contribution is 2.32. The van der Waals surface area contributed by atoms with E-state index in [1.807, 2.05) is 30.3 Å². The molecule has 1 fully saturated rings. The summed E-state index contributed by atoms with van der Waals surface area (Å²) < 4.78 is 5.39. The highest BCUT2D eigenvalue weighted by molar-refractivity contribution is 6.31. The second-order valence-electron chi connectivity index (χ2n) is 7.43. The molecular formula is C22H22ClN5O. The summed E-state index contributed by atoms with van der Waals surface area (Å²) in [7, 11) is 1.70. The van der Waals surface area contributed by atoms with Crippen molar-refractivity contribution in [2.45, 2.75) is 13.0 Å². The van der Waals surface area contributed by atoms with Crippen molar-refractivity contribution in [1.82, 2.24) is 15.0 Å². The van der Waals surface area contributed by atoms with Crippen LogP contribution in [0.4, 0.5) is 11.5 Å². The van der Waals surface area contributed by atoms with Gasteiger partial charge in [0.1, 0.15) is 23.1 Å². The first-order valence-corrected chi connectivity index (χ1v) is 10.1. The summed E-state index contributed by atoms with van der Waals surface area (Å²) in [6.45, 7) is 4.91. The van der Waals surface area contributed by atoms with Crippen LogP contribution >= 0.6 is 11.6 Å². The molecule has 1 atom stereocenters. The lowest BCUT2D eigenvalue weighted by molar-refractivity contribution is 0.414. The standard InChI is InChI=1S/C22H22ClN5O/c1-14-12-27(8-9-28(14)16-4-3-5-17(11-16)29-2)22-21-20(24-13-25-22)18-10-15(23)6-7-19(18)26-21/h3-7,10-11,13-14,26H,8-9,12H2,1-2H3/t14-/m1/s1. The third-order valence-corrected chi connectivity index (χ3v) is 5.87. The van der Waals surface area contributed by atoms with Gasteiger partial charge in [-0.15, -0.1) is 0 Å². The first-order chi connectivity index (χ1) is 14.1. The Morgan fingerprint density at radius 2 is 2.03 bits per heavy atom. The van der Waals surface area contributed by atoms with Gasteiger partial charge in [-0.25, -0.2) is 9.97 Å². The molecule has 0 saturated carbocycles. The van der Waals surface area contributed by atoms with Crippen molar-refractivity contribution in [2.24, 2.45) is 0 Å². The van der Waals surface area contributed by atoms with Crippen LogP contribution in [0.5, 0.6) is 5.75 Å². The Morgan fingerprint density at radius 3 is 2.86 bits per heavy atom. The molecule has 0 radical (unpaired) electrons. The maximum absolute atomic E-state index is 6.20. The number of nitrogens with zero attached hydrogens (tertiary/aromatic N) is 4.